The summed E-state index contributed by atoms with van der Waals surface area (Å²) in [6.45, 7) is 4.84. The van der Waals surface area contributed by atoms with Crippen LogP contribution in [0.25, 0.3) is 39.7 Å². The van der Waals surface area contributed by atoms with Gasteiger partial charge in [-0.15, -0.1) is 0 Å². The maximum absolute atomic E-state index is 4.91. The van der Waals surface area contributed by atoms with Crippen molar-refractivity contribution in [2.75, 3.05) is 13.1 Å². The largest absolute Gasteiger partial charge is 0.299 e. The van der Waals surface area contributed by atoms with Crippen molar-refractivity contribution in [2.45, 2.75) is 32.2 Å². The standard InChI is InChI=1S/C31H29N9/c1-21-33-31-34-28(26(20-40(31)38-21)23-7-3-2-4-8-23)24-12-10-22(11-13-24)19-39-17-14-25(15-18-39)29-35-30(37-36-29)27-9-5-6-16-32-27/h2-13,16,20,25H,14-15,17-19H2,1H3,(H,35,36,37). The zero-order chi connectivity index (χ0) is 26.9. The maximum Gasteiger partial charge on any atom is 0.252 e. The molecule has 1 aliphatic rings. The molecule has 0 saturated carbocycles. The molecule has 0 amide bonds. The number of hydrogen-bond acceptors (Lipinski definition) is 7. The van der Waals surface area contributed by atoms with E-state index in [0.717, 1.165) is 72.2 Å². The van der Waals surface area contributed by atoms with E-state index in [1.165, 1.54) is 5.56 Å². The number of hydrogen-bond donors (Lipinski definition) is 1. The molecule has 9 heteroatoms. The predicted molar refractivity (Wildman–Crippen MR) is 153 cm³/mol. The van der Waals surface area contributed by atoms with Crippen molar-refractivity contribution in [3.63, 3.8) is 0 Å². The average molecular weight is 528 g/mol. The molecule has 0 atom stereocenters. The van der Waals surface area contributed by atoms with E-state index in [-0.39, 0.29) is 0 Å². The maximum atomic E-state index is 4.91. The highest BCUT2D eigenvalue weighted by molar-refractivity contribution is 5.81. The van der Waals surface area contributed by atoms with Crippen molar-refractivity contribution in [3.8, 4) is 33.9 Å². The summed E-state index contributed by atoms with van der Waals surface area (Å²) < 4.78 is 1.76. The highest BCUT2D eigenvalue weighted by Gasteiger charge is 2.24. The molecule has 2 aromatic carbocycles. The summed E-state index contributed by atoms with van der Waals surface area (Å²) in [4.78, 5) is 21.0. The summed E-state index contributed by atoms with van der Waals surface area (Å²) in [7, 11) is 0. The molecule has 1 fully saturated rings. The Morgan fingerprint density at radius 3 is 2.42 bits per heavy atom. The van der Waals surface area contributed by atoms with Crippen molar-refractivity contribution < 1.29 is 0 Å². The predicted octanol–water partition coefficient (Wildman–Crippen LogP) is 5.33. The molecular weight excluding hydrogens is 498 g/mol. The van der Waals surface area contributed by atoms with E-state index in [1.54, 1.807) is 10.7 Å². The number of nitrogens with one attached hydrogen (secondary N) is 1. The molecule has 9 nitrogen and oxygen atoms in total. The molecule has 0 unspecified atom stereocenters. The van der Waals surface area contributed by atoms with Crippen molar-refractivity contribution in [1.29, 1.82) is 0 Å². The topological polar surface area (TPSA) is 101 Å². The van der Waals surface area contributed by atoms with Crippen LogP contribution in [0.2, 0.25) is 0 Å². The number of piperidine rings is 1. The summed E-state index contributed by atoms with van der Waals surface area (Å²) >= 11 is 0. The average Bonchev–Trinajstić information content (AvgIpc) is 3.64. The van der Waals surface area contributed by atoms with Crippen LogP contribution in [-0.4, -0.2) is 57.7 Å². The van der Waals surface area contributed by atoms with Gasteiger partial charge in [0.1, 0.15) is 11.5 Å². The fraction of sp³-hybridized carbons (Fsp3) is 0.226. The quantitative estimate of drug-likeness (QED) is 0.313. The van der Waals surface area contributed by atoms with Crippen LogP contribution in [0.1, 0.15) is 36.0 Å². The number of likely N-dealkylation sites (tertiary alicyclic amines) is 1. The molecule has 6 aromatic rings. The summed E-state index contributed by atoms with van der Waals surface area (Å²) in [6, 6.07) is 24.9. The fourth-order valence-electron chi connectivity index (χ4n) is 5.42. The SMILES string of the molecule is Cc1nc2nc(-c3ccc(CN4CCC(c5n[nH]c(-c6ccccn6)n5)CC4)cc3)c(-c3ccccc3)cn2n1. The number of pyridine rings is 1. The Labute approximate surface area is 232 Å². The molecule has 0 radical (unpaired) electrons. The first kappa shape index (κ1) is 24.3. The second kappa shape index (κ2) is 10.4. The van der Waals surface area contributed by atoms with Crippen molar-refractivity contribution in [2.24, 2.45) is 0 Å². The zero-order valence-corrected chi connectivity index (χ0v) is 22.3. The van der Waals surface area contributed by atoms with Gasteiger partial charge in [0.25, 0.3) is 5.78 Å². The lowest BCUT2D eigenvalue weighted by Crippen LogP contribution is -2.32. The lowest BCUT2D eigenvalue weighted by atomic mass is 9.95. The number of nitrogens with zero attached hydrogens (tertiary/aromatic N) is 8. The van der Waals surface area contributed by atoms with Gasteiger partial charge < -0.3 is 0 Å². The van der Waals surface area contributed by atoms with Gasteiger partial charge in [0, 0.05) is 36.0 Å². The van der Waals surface area contributed by atoms with Crippen LogP contribution in [0, 0.1) is 6.92 Å². The lowest BCUT2D eigenvalue weighted by Gasteiger charge is -2.30. The first-order valence-corrected chi connectivity index (χ1v) is 13.6. The number of rotatable bonds is 6. The lowest BCUT2D eigenvalue weighted by molar-refractivity contribution is 0.202. The van der Waals surface area contributed by atoms with Crippen LogP contribution >= 0.6 is 0 Å². The van der Waals surface area contributed by atoms with Gasteiger partial charge in [-0.05, 0) is 56.1 Å². The van der Waals surface area contributed by atoms with Gasteiger partial charge in [0.2, 0.25) is 0 Å². The molecule has 1 N–H and O–H groups in total. The Balaban J connectivity index is 1.05. The Morgan fingerprint density at radius 2 is 1.65 bits per heavy atom. The third-order valence-corrected chi connectivity index (χ3v) is 7.52. The number of fused-ring (bicyclic) bond motifs is 1. The van der Waals surface area contributed by atoms with E-state index in [4.69, 9.17) is 9.97 Å². The first-order chi connectivity index (χ1) is 19.7. The fourth-order valence-corrected chi connectivity index (χ4v) is 5.42. The van der Waals surface area contributed by atoms with Gasteiger partial charge in [-0.25, -0.2) is 14.5 Å². The number of aromatic amines is 1. The van der Waals surface area contributed by atoms with E-state index in [9.17, 15) is 0 Å². The van der Waals surface area contributed by atoms with Gasteiger partial charge in [0.15, 0.2) is 11.6 Å². The van der Waals surface area contributed by atoms with Crippen molar-refractivity contribution in [1.82, 2.24) is 44.6 Å². The van der Waals surface area contributed by atoms with Gasteiger partial charge in [-0.2, -0.15) is 15.2 Å². The summed E-state index contributed by atoms with van der Waals surface area (Å²) in [6.07, 6.45) is 5.88. The molecule has 5 heterocycles. The molecular formula is C31H29N9. The molecule has 1 aliphatic heterocycles. The second-order valence-electron chi connectivity index (χ2n) is 10.3. The minimum absolute atomic E-state index is 0.366. The molecule has 0 bridgehead atoms. The third-order valence-electron chi connectivity index (χ3n) is 7.52. The van der Waals surface area contributed by atoms with Gasteiger partial charge in [0.05, 0.1) is 5.69 Å². The van der Waals surface area contributed by atoms with Crippen LogP contribution in [0.3, 0.4) is 0 Å². The highest BCUT2D eigenvalue weighted by Crippen LogP contribution is 2.32. The minimum Gasteiger partial charge on any atom is -0.299 e. The summed E-state index contributed by atoms with van der Waals surface area (Å²) in [5, 5.41) is 12.0. The Hall–Kier alpha value is -4.76. The number of aryl methyl sites for hydroxylation is 1. The Bertz CT molecular complexity index is 1730. The van der Waals surface area contributed by atoms with Gasteiger partial charge in [-0.1, -0.05) is 60.7 Å². The molecule has 1 saturated heterocycles. The molecule has 4 aromatic heterocycles. The van der Waals surface area contributed by atoms with E-state index >= 15 is 0 Å². The van der Waals surface area contributed by atoms with Gasteiger partial charge >= 0.3 is 0 Å². The number of benzene rings is 2. The van der Waals surface area contributed by atoms with Crippen LogP contribution in [0.5, 0.6) is 0 Å². The molecule has 40 heavy (non-hydrogen) atoms. The smallest absolute Gasteiger partial charge is 0.252 e. The van der Waals surface area contributed by atoms with E-state index < -0.39 is 0 Å². The van der Waals surface area contributed by atoms with Crippen LogP contribution in [-0.2, 0) is 6.54 Å². The monoisotopic (exact) mass is 527 g/mol. The van der Waals surface area contributed by atoms with E-state index in [2.05, 4.69) is 66.6 Å². The number of aromatic nitrogens is 8. The highest BCUT2D eigenvalue weighted by atomic mass is 15.3. The normalized spacial score (nSPS) is 14.6. The molecule has 0 aliphatic carbocycles. The third kappa shape index (κ3) is 4.87. The minimum atomic E-state index is 0.366. The summed E-state index contributed by atoms with van der Waals surface area (Å²) in [5.74, 6) is 3.32. The van der Waals surface area contributed by atoms with Crippen LogP contribution in [0.4, 0.5) is 0 Å². The summed E-state index contributed by atoms with van der Waals surface area (Å²) in [5.41, 5.74) is 6.23. The Kier molecular flexibility index (Phi) is 6.33. The number of H-pyrrole nitrogens is 1. The second-order valence-corrected chi connectivity index (χ2v) is 10.3. The van der Waals surface area contributed by atoms with Crippen LogP contribution < -0.4 is 0 Å². The van der Waals surface area contributed by atoms with Gasteiger partial charge in [-0.3, -0.25) is 15.0 Å². The van der Waals surface area contributed by atoms with Crippen molar-refractivity contribution >= 4 is 5.78 Å². The van der Waals surface area contributed by atoms with Crippen LogP contribution in [0.15, 0.2) is 85.2 Å². The Morgan fingerprint density at radius 1 is 0.850 bits per heavy atom. The first-order valence-electron chi connectivity index (χ1n) is 13.6. The van der Waals surface area contributed by atoms with E-state index in [1.807, 2.05) is 49.5 Å². The molecule has 0 spiro atoms. The van der Waals surface area contributed by atoms with Crippen molar-refractivity contribution in [3.05, 3.63) is 102 Å². The molecule has 198 valence electrons. The molecule has 7 rings (SSSR count). The van der Waals surface area contributed by atoms with E-state index in [0.29, 0.717) is 17.5 Å². The zero-order valence-electron chi connectivity index (χ0n) is 22.3.